The van der Waals surface area contributed by atoms with E-state index in [-0.39, 0.29) is 5.69 Å². The molecule has 1 aliphatic rings. The molecule has 8 nitrogen and oxygen atoms in total. The lowest BCUT2D eigenvalue weighted by atomic mass is 9.89. The average Bonchev–Trinajstić information content (AvgIpc) is 3.63. The Hall–Kier alpha value is -4.12. The number of nitrogens with one attached hydrogen (secondary N) is 1. The maximum Gasteiger partial charge on any atom is 0.355 e. The number of hydrogen-bond acceptors (Lipinski definition) is 9. The molecular weight excluding hydrogens is 555 g/mol. The van der Waals surface area contributed by atoms with E-state index in [0.717, 1.165) is 67.6 Å². The Balaban J connectivity index is 1.18. The molecule has 4 N–H and O–H groups in total. The Morgan fingerprint density at radius 1 is 1.05 bits per heavy atom. The second kappa shape index (κ2) is 12.2. The van der Waals surface area contributed by atoms with Crippen molar-refractivity contribution in [3.63, 3.8) is 0 Å². The number of para-hydroxylation sites is 1. The number of nitrogens with zero attached hydrogens (tertiary/aromatic N) is 3. The number of hydrogen-bond donors (Lipinski definition) is 3. The van der Waals surface area contributed by atoms with Crippen LogP contribution in [0.15, 0.2) is 71.8 Å². The predicted molar refractivity (Wildman–Crippen MR) is 165 cm³/mol. The average molecular weight is 584 g/mol. The van der Waals surface area contributed by atoms with Gasteiger partial charge in [-0.2, -0.15) is 5.10 Å². The van der Waals surface area contributed by atoms with Crippen LogP contribution in [0.25, 0.3) is 20.8 Å². The first-order valence-electron chi connectivity index (χ1n) is 13.5. The van der Waals surface area contributed by atoms with Crippen LogP contribution in [0.4, 0.5) is 5.13 Å². The molecule has 0 radical (unpaired) electrons. The number of thiazole rings is 2. The molecule has 0 amide bonds. The van der Waals surface area contributed by atoms with Gasteiger partial charge in [0.1, 0.15) is 10.8 Å². The maximum absolute atomic E-state index is 12.0. The largest absolute Gasteiger partial charge is 0.494 e. The summed E-state index contributed by atoms with van der Waals surface area (Å²) in [7, 11) is 0. The van der Waals surface area contributed by atoms with Crippen LogP contribution in [-0.2, 0) is 19.4 Å². The molecule has 3 aromatic carbocycles. The number of ether oxygens (including phenoxy) is 1. The number of carboxylic acid groups (broad SMARTS) is 1. The van der Waals surface area contributed by atoms with Crippen molar-refractivity contribution in [3.8, 4) is 16.3 Å². The van der Waals surface area contributed by atoms with E-state index in [2.05, 4.69) is 33.6 Å². The zero-order chi connectivity index (χ0) is 28.2. The van der Waals surface area contributed by atoms with E-state index in [1.165, 1.54) is 16.9 Å². The first-order chi connectivity index (χ1) is 20.1. The number of carboxylic acids is 1. The van der Waals surface area contributed by atoms with Crippen LogP contribution in [-0.4, -0.2) is 33.4 Å². The molecular formula is C31H29N5O3S2. The molecule has 0 bridgehead atoms. The third-order valence-corrected chi connectivity index (χ3v) is 9.09. The molecule has 0 spiro atoms. The Kier molecular flexibility index (Phi) is 8.04. The molecule has 0 unspecified atom stereocenters. The fourth-order valence-electron chi connectivity index (χ4n) is 4.88. The van der Waals surface area contributed by atoms with Gasteiger partial charge in [0.25, 0.3) is 0 Å². The number of anilines is 1. The topological polar surface area (TPSA) is 123 Å². The third kappa shape index (κ3) is 6.14. The van der Waals surface area contributed by atoms with Gasteiger partial charge in [0.05, 0.1) is 22.5 Å². The molecule has 0 fully saturated rings. The van der Waals surface area contributed by atoms with Gasteiger partial charge in [-0.15, -0.1) is 11.3 Å². The lowest BCUT2D eigenvalue weighted by Gasteiger charge is -2.18. The van der Waals surface area contributed by atoms with Crippen molar-refractivity contribution in [2.75, 3.05) is 12.0 Å². The number of aromatic nitrogens is 2. The molecule has 0 saturated heterocycles. The van der Waals surface area contributed by atoms with Gasteiger partial charge in [-0.25, -0.2) is 14.8 Å². The standard InChI is InChI=1S/C31H29N5O3S2/c32-18-19-10-14-22(15-11-19)39-16-4-9-27-28(30(37)38)34-29(40-27)21-13-12-20-5-3-7-24(23(20)17-21)35-36-31-33-25-6-1-2-8-26(25)41-31/h1-2,6,8,10-15,17H,3-5,7,9,16,18,32H2,(H,33,36)(H,37,38)/b35-24-. The lowest BCUT2D eigenvalue weighted by molar-refractivity contribution is 0.0690. The number of aromatic carboxylic acids is 1. The van der Waals surface area contributed by atoms with E-state index in [1.54, 1.807) is 11.3 Å². The second-order valence-electron chi connectivity index (χ2n) is 9.78. The molecule has 41 heavy (non-hydrogen) atoms. The van der Waals surface area contributed by atoms with Crippen LogP contribution in [0, 0.1) is 0 Å². The summed E-state index contributed by atoms with van der Waals surface area (Å²) in [6, 6.07) is 22.0. The zero-order valence-electron chi connectivity index (χ0n) is 22.3. The Labute approximate surface area is 245 Å². The molecule has 2 heterocycles. The van der Waals surface area contributed by atoms with Crippen LogP contribution >= 0.6 is 22.7 Å². The van der Waals surface area contributed by atoms with Gasteiger partial charge in [-0.1, -0.05) is 47.7 Å². The summed E-state index contributed by atoms with van der Waals surface area (Å²) >= 11 is 3.01. The Morgan fingerprint density at radius 3 is 2.71 bits per heavy atom. The summed E-state index contributed by atoms with van der Waals surface area (Å²) in [5, 5.41) is 16.0. The highest BCUT2D eigenvalue weighted by molar-refractivity contribution is 7.22. The van der Waals surface area contributed by atoms with Crippen molar-refractivity contribution < 1.29 is 14.6 Å². The Bertz CT molecular complexity index is 1690. The van der Waals surface area contributed by atoms with Crippen LogP contribution in [0.5, 0.6) is 5.75 Å². The lowest BCUT2D eigenvalue weighted by Crippen LogP contribution is -2.13. The first kappa shape index (κ1) is 27.1. The number of nitrogens with two attached hydrogens (primary N) is 1. The highest BCUT2D eigenvalue weighted by Crippen LogP contribution is 2.33. The van der Waals surface area contributed by atoms with E-state index in [1.807, 2.05) is 48.5 Å². The molecule has 208 valence electrons. The molecule has 1 aliphatic carbocycles. The number of aryl methyl sites for hydroxylation is 2. The van der Waals surface area contributed by atoms with Gasteiger partial charge in [-0.05, 0) is 73.6 Å². The van der Waals surface area contributed by atoms with Crippen LogP contribution in [0.3, 0.4) is 0 Å². The second-order valence-corrected chi connectivity index (χ2v) is 11.9. The summed E-state index contributed by atoms with van der Waals surface area (Å²) < 4.78 is 6.95. The number of benzene rings is 3. The zero-order valence-corrected chi connectivity index (χ0v) is 23.9. The summed E-state index contributed by atoms with van der Waals surface area (Å²) in [5.41, 5.74) is 15.1. The number of hydrazone groups is 1. The molecule has 2 aromatic heterocycles. The minimum Gasteiger partial charge on any atom is -0.494 e. The first-order valence-corrected chi connectivity index (χ1v) is 15.2. The van der Waals surface area contributed by atoms with Gasteiger partial charge >= 0.3 is 5.97 Å². The smallest absolute Gasteiger partial charge is 0.355 e. The van der Waals surface area contributed by atoms with Gasteiger partial charge in [0.2, 0.25) is 5.13 Å². The normalized spacial score (nSPS) is 13.8. The predicted octanol–water partition coefficient (Wildman–Crippen LogP) is 6.74. The van der Waals surface area contributed by atoms with Crippen molar-refractivity contribution in [3.05, 3.63) is 94.0 Å². The van der Waals surface area contributed by atoms with Crippen LogP contribution in [0.2, 0.25) is 0 Å². The number of rotatable bonds is 10. The molecule has 6 rings (SSSR count). The molecule has 5 aromatic rings. The molecule has 10 heteroatoms. The quantitative estimate of drug-likeness (QED) is 0.123. The van der Waals surface area contributed by atoms with Crippen molar-refractivity contribution in [1.29, 1.82) is 0 Å². The van der Waals surface area contributed by atoms with Crippen molar-refractivity contribution in [2.45, 2.75) is 38.6 Å². The van der Waals surface area contributed by atoms with Gasteiger partial charge in [0.15, 0.2) is 5.69 Å². The number of fused-ring (bicyclic) bond motifs is 2. The van der Waals surface area contributed by atoms with Gasteiger partial charge in [-0.3, -0.25) is 5.43 Å². The van der Waals surface area contributed by atoms with Gasteiger partial charge < -0.3 is 15.6 Å². The van der Waals surface area contributed by atoms with Crippen LogP contribution < -0.4 is 15.9 Å². The van der Waals surface area contributed by atoms with E-state index in [0.29, 0.717) is 31.0 Å². The van der Waals surface area contributed by atoms with E-state index < -0.39 is 5.97 Å². The van der Waals surface area contributed by atoms with E-state index >= 15 is 0 Å². The fraction of sp³-hybridized carbons (Fsp3) is 0.226. The van der Waals surface area contributed by atoms with Crippen molar-refractivity contribution >= 4 is 49.7 Å². The molecule has 0 saturated carbocycles. The van der Waals surface area contributed by atoms with Crippen LogP contribution in [0.1, 0.15) is 51.3 Å². The summed E-state index contributed by atoms with van der Waals surface area (Å²) in [6.07, 6.45) is 4.11. The monoisotopic (exact) mass is 583 g/mol. The maximum atomic E-state index is 12.0. The minimum atomic E-state index is -1.01. The highest BCUT2D eigenvalue weighted by Gasteiger charge is 2.21. The van der Waals surface area contributed by atoms with Crippen molar-refractivity contribution in [2.24, 2.45) is 10.8 Å². The van der Waals surface area contributed by atoms with E-state index in [9.17, 15) is 9.90 Å². The molecule has 0 aliphatic heterocycles. The third-order valence-electron chi connectivity index (χ3n) is 6.98. The minimum absolute atomic E-state index is 0.112. The fourth-order valence-corrected chi connectivity index (χ4v) is 6.78. The Morgan fingerprint density at radius 2 is 1.90 bits per heavy atom. The van der Waals surface area contributed by atoms with E-state index in [4.69, 9.17) is 15.6 Å². The SMILES string of the molecule is NCc1ccc(OCCCc2sc(-c3ccc4c(c3)/C(=N\Nc3nc5ccccc5s3)CCC4)nc2C(=O)O)cc1. The summed E-state index contributed by atoms with van der Waals surface area (Å²) in [4.78, 5) is 21.9. The number of carbonyl (C=O) groups is 1. The summed E-state index contributed by atoms with van der Waals surface area (Å²) in [6.45, 7) is 0.972. The van der Waals surface area contributed by atoms with Gasteiger partial charge in [0, 0.05) is 22.5 Å². The summed E-state index contributed by atoms with van der Waals surface area (Å²) in [5.74, 6) is -0.240. The molecule has 0 atom stereocenters. The van der Waals surface area contributed by atoms with Crippen molar-refractivity contribution in [1.82, 2.24) is 9.97 Å². The highest BCUT2D eigenvalue weighted by atomic mass is 32.1.